The Hall–Kier alpha value is -1.35. The molecule has 0 spiro atoms. The zero-order chi connectivity index (χ0) is 14.2. The number of nitrogens with zero attached hydrogens (tertiary/aromatic N) is 1. The van der Waals surface area contributed by atoms with Crippen molar-refractivity contribution in [3.05, 3.63) is 59.9 Å². The Kier molecular flexibility index (Phi) is 6.06. The van der Waals surface area contributed by atoms with Crippen LogP contribution in [-0.4, -0.2) is 11.6 Å². The number of ether oxygens (including phenoxy) is 1. The summed E-state index contributed by atoms with van der Waals surface area (Å²) < 4.78 is 5.61. The molecule has 0 fully saturated rings. The summed E-state index contributed by atoms with van der Waals surface area (Å²) in [6.07, 6.45) is 6.75. The molecule has 0 bridgehead atoms. The van der Waals surface area contributed by atoms with Gasteiger partial charge >= 0.3 is 0 Å². The lowest BCUT2D eigenvalue weighted by Crippen LogP contribution is -1.98. The van der Waals surface area contributed by atoms with E-state index in [4.69, 9.17) is 4.74 Å². The molecule has 1 unspecified atom stereocenters. The molecule has 1 heterocycles. The van der Waals surface area contributed by atoms with Crippen LogP contribution in [0.5, 0.6) is 5.75 Å². The minimum absolute atomic E-state index is 0.379. The molecule has 0 aliphatic rings. The van der Waals surface area contributed by atoms with E-state index in [1.54, 1.807) is 6.20 Å². The van der Waals surface area contributed by atoms with E-state index in [-0.39, 0.29) is 0 Å². The molecule has 106 valence electrons. The standard InChI is InChI=1S/C17H20BrNO/c1-2-10-20-16-11-14(12-19-13-16)8-9-17(18)15-6-4-3-5-7-15/h3-7,11-13,17H,2,8-10H2,1H3. The van der Waals surface area contributed by atoms with Gasteiger partial charge in [0.1, 0.15) is 5.75 Å². The van der Waals surface area contributed by atoms with Crippen LogP contribution in [0.15, 0.2) is 48.8 Å². The lowest BCUT2D eigenvalue weighted by molar-refractivity contribution is 0.316. The minimum Gasteiger partial charge on any atom is -0.492 e. The van der Waals surface area contributed by atoms with Crippen molar-refractivity contribution in [2.24, 2.45) is 0 Å². The molecule has 2 rings (SSSR count). The third-order valence-corrected chi connectivity index (χ3v) is 4.08. The van der Waals surface area contributed by atoms with Gasteiger partial charge in [-0.05, 0) is 36.5 Å². The molecule has 1 atom stereocenters. The topological polar surface area (TPSA) is 22.1 Å². The summed E-state index contributed by atoms with van der Waals surface area (Å²) in [5.41, 5.74) is 2.54. The zero-order valence-electron chi connectivity index (χ0n) is 11.8. The summed E-state index contributed by atoms with van der Waals surface area (Å²) in [6, 6.07) is 12.6. The summed E-state index contributed by atoms with van der Waals surface area (Å²) in [4.78, 5) is 4.63. The van der Waals surface area contributed by atoms with Crippen LogP contribution in [-0.2, 0) is 6.42 Å². The summed E-state index contributed by atoms with van der Waals surface area (Å²) >= 11 is 3.75. The molecule has 2 aromatic rings. The number of aryl methyl sites for hydroxylation is 1. The number of alkyl halides is 1. The number of halogens is 1. The van der Waals surface area contributed by atoms with Gasteiger partial charge in [0, 0.05) is 11.0 Å². The van der Waals surface area contributed by atoms with Crippen LogP contribution in [0.4, 0.5) is 0 Å². The van der Waals surface area contributed by atoms with Crippen molar-refractivity contribution in [3.63, 3.8) is 0 Å². The number of pyridine rings is 1. The summed E-state index contributed by atoms with van der Waals surface area (Å²) in [6.45, 7) is 2.85. The lowest BCUT2D eigenvalue weighted by atomic mass is 10.1. The number of hydrogen-bond acceptors (Lipinski definition) is 2. The number of aromatic nitrogens is 1. The van der Waals surface area contributed by atoms with Crippen molar-refractivity contribution in [1.29, 1.82) is 0 Å². The van der Waals surface area contributed by atoms with Crippen molar-refractivity contribution in [3.8, 4) is 5.75 Å². The molecule has 0 radical (unpaired) electrons. The maximum Gasteiger partial charge on any atom is 0.137 e. The van der Waals surface area contributed by atoms with Crippen LogP contribution >= 0.6 is 15.9 Å². The second-order valence-corrected chi connectivity index (χ2v) is 5.90. The van der Waals surface area contributed by atoms with E-state index >= 15 is 0 Å². The van der Waals surface area contributed by atoms with Gasteiger partial charge in [-0.2, -0.15) is 0 Å². The van der Waals surface area contributed by atoms with Crippen LogP contribution in [0.25, 0.3) is 0 Å². The fraction of sp³-hybridized carbons (Fsp3) is 0.353. The Bertz CT molecular complexity index is 515. The Morgan fingerprint density at radius 3 is 2.75 bits per heavy atom. The third kappa shape index (κ3) is 4.64. The summed E-state index contributed by atoms with van der Waals surface area (Å²) in [7, 11) is 0. The first-order valence-electron chi connectivity index (χ1n) is 7.05. The van der Waals surface area contributed by atoms with Gasteiger partial charge in [-0.25, -0.2) is 0 Å². The molecule has 20 heavy (non-hydrogen) atoms. The molecule has 2 nitrogen and oxygen atoms in total. The fourth-order valence-electron chi connectivity index (χ4n) is 2.02. The van der Waals surface area contributed by atoms with Crippen LogP contribution < -0.4 is 4.74 Å². The average Bonchev–Trinajstić information content (AvgIpc) is 2.52. The first-order chi connectivity index (χ1) is 9.79. The van der Waals surface area contributed by atoms with Gasteiger partial charge in [0.15, 0.2) is 0 Å². The van der Waals surface area contributed by atoms with Gasteiger partial charge < -0.3 is 4.74 Å². The van der Waals surface area contributed by atoms with Crippen molar-refractivity contribution < 1.29 is 4.74 Å². The molecule has 0 amide bonds. The highest BCUT2D eigenvalue weighted by atomic mass is 79.9. The molecule has 0 saturated carbocycles. The van der Waals surface area contributed by atoms with E-state index in [9.17, 15) is 0 Å². The van der Waals surface area contributed by atoms with Crippen LogP contribution in [0.3, 0.4) is 0 Å². The van der Waals surface area contributed by atoms with Gasteiger partial charge in [0.05, 0.1) is 12.8 Å². The van der Waals surface area contributed by atoms with E-state index in [2.05, 4.69) is 58.2 Å². The average molecular weight is 334 g/mol. The Balaban J connectivity index is 1.90. The Labute approximate surface area is 129 Å². The summed E-state index contributed by atoms with van der Waals surface area (Å²) in [5, 5.41) is 0. The smallest absolute Gasteiger partial charge is 0.137 e. The monoisotopic (exact) mass is 333 g/mol. The van der Waals surface area contributed by atoms with Gasteiger partial charge in [-0.15, -0.1) is 0 Å². The van der Waals surface area contributed by atoms with Gasteiger partial charge in [0.25, 0.3) is 0 Å². The summed E-state index contributed by atoms with van der Waals surface area (Å²) in [5.74, 6) is 0.871. The van der Waals surface area contributed by atoms with Crippen molar-refractivity contribution in [2.75, 3.05) is 6.61 Å². The maximum absolute atomic E-state index is 5.61. The highest BCUT2D eigenvalue weighted by Gasteiger charge is 2.07. The second-order valence-electron chi connectivity index (χ2n) is 4.79. The van der Waals surface area contributed by atoms with Crippen molar-refractivity contribution in [2.45, 2.75) is 31.0 Å². The van der Waals surface area contributed by atoms with Crippen LogP contribution in [0.1, 0.15) is 35.7 Å². The molecule has 0 N–H and O–H groups in total. The van der Waals surface area contributed by atoms with Crippen molar-refractivity contribution in [1.82, 2.24) is 4.98 Å². The highest BCUT2D eigenvalue weighted by molar-refractivity contribution is 9.09. The molecule has 1 aromatic carbocycles. The van der Waals surface area contributed by atoms with E-state index in [0.717, 1.165) is 31.6 Å². The minimum atomic E-state index is 0.379. The molecule has 1 aromatic heterocycles. The molecule has 0 saturated heterocycles. The van der Waals surface area contributed by atoms with Gasteiger partial charge in [0.2, 0.25) is 0 Å². The maximum atomic E-state index is 5.61. The lowest BCUT2D eigenvalue weighted by Gasteiger charge is -2.11. The Morgan fingerprint density at radius 2 is 2.00 bits per heavy atom. The highest BCUT2D eigenvalue weighted by Crippen LogP contribution is 2.28. The first-order valence-corrected chi connectivity index (χ1v) is 7.97. The zero-order valence-corrected chi connectivity index (χ0v) is 13.3. The van der Waals surface area contributed by atoms with Crippen LogP contribution in [0, 0.1) is 0 Å². The molecule has 0 aliphatic heterocycles. The van der Waals surface area contributed by atoms with Gasteiger partial charge in [-0.1, -0.05) is 53.2 Å². The predicted octanol–water partition coefficient (Wildman–Crippen LogP) is 4.94. The number of benzene rings is 1. The fourth-order valence-corrected chi connectivity index (χ4v) is 2.56. The SMILES string of the molecule is CCCOc1cncc(CCC(Br)c2ccccc2)c1. The normalized spacial score (nSPS) is 12.1. The Morgan fingerprint density at radius 1 is 1.20 bits per heavy atom. The van der Waals surface area contributed by atoms with Gasteiger partial charge in [-0.3, -0.25) is 4.98 Å². The van der Waals surface area contributed by atoms with Crippen molar-refractivity contribution >= 4 is 15.9 Å². The van der Waals surface area contributed by atoms with E-state index < -0.39 is 0 Å². The predicted molar refractivity (Wildman–Crippen MR) is 86.5 cm³/mol. The quantitative estimate of drug-likeness (QED) is 0.669. The van der Waals surface area contributed by atoms with Crippen LogP contribution in [0.2, 0.25) is 0 Å². The van der Waals surface area contributed by atoms with E-state index in [0.29, 0.717) is 4.83 Å². The number of rotatable bonds is 7. The molecular formula is C17H20BrNO. The number of hydrogen-bond donors (Lipinski definition) is 0. The van der Waals surface area contributed by atoms with E-state index in [1.807, 2.05) is 12.3 Å². The third-order valence-electron chi connectivity index (χ3n) is 3.09. The van der Waals surface area contributed by atoms with E-state index in [1.165, 1.54) is 11.1 Å². The molecule has 3 heteroatoms. The molecular weight excluding hydrogens is 314 g/mol. The first kappa shape index (κ1) is 15.0. The largest absolute Gasteiger partial charge is 0.492 e. The molecule has 0 aliphatic carbocycles. The second kappa shape index (κ2) is 8.05.